The Morgan fingerprint density at radius 3 is 2.81 bits per heavy atom. The van der Waals surface area contributed by atoms with Crippen LogP contribution in [0.4, 0.5) is 0 Å². The molecule has 0 bridgehead atoms. The first-order valence-electron chi connectivity index (χ1n) is 6.99. The molecule has 21 heavy (non-hydrogen) atoms. The van der Waals surface area contributed by atoms with Crippen LogP contribution in [0, 0.1) is 3.57 Å². The molecule has 1 aromatic carbocycles. The number of halogens is 1. The smallest absolute Gasteiger partial charge is 0.110 e. The van der Waals surface area contributed by atoms with Gasteiger partial charge in [-0.2, -0.15) is 0 Å². The van der Waals surface area contributed by atoms with Crippen molar-refractivity contribution >= 4 is 34.4 Å². The minimum Gasteiger partial charge on any atom is -0.374 e. The van der Waals surface area contributed by atoms with Crippen molar-refractivity contribution in [2.45, 2.75) is 16.4 Å². The Labute approximate surface area is 143 Å². The van der Waals surface area contributed by atoms with Gasteiger partial charge in [-0.3, -0.25) is 0 Å². The second kappa shape index (κ2) is 7.58. The van der Waals surface area contributed by atoms with Crippen LogP contribution in [-0.2, 0) is 4.74 Å². The third-order valence-electron chi connectivity index (χ3n) is 3.39. The van der Waals surface area contributed by atoms with E-state index in [1.807, 2.05) is 12.3 Å². The van der Waals surface area contributed by atoms with Gasteiger partial charge in [0.15, 0.2) is 0 Å². The lowest BCUT2D eigenvalue weighted by atomic mass is 10.1. The normalized spacial score (nSPS) is 20.1. The number of hydrogen-bond acceptors (Lipinski definition) is 4. The van der Waals surface area contributed by atoms with Gasteiger partial charge in [-0.1, -0.05) is 42.1 Å². The molecule has 1 aliphatic rings. The summed E-state index contributed by atoms with van der Waals surface area (Å²) in [4.78, 5) is 4.52. The molecule has 0 aliphatic carbocycles. The van der Waals surface area contributed by atoms with Crippen LogP contribution in [-0.4, -0.2) is 30.8 Å². The SMILES string of the molecule is Ic1cccnc1S[C@@H](c1ccccc1)[C@@H]1CNCCO1. The monoisotopic (exact) mass is 412 g/mol. The van der Waals surface area contributed by atoms with E-state index in [0.29, 0.717) is 0 Å². The van der Waals surface area contributed by atoms with Crippen LogP contribution in [0.5, 0.6) is 0 Å². The van der Waals surface area contributed by atoms with Crippen molar-refractivity contribution in [3.05, 3.63) is 57.8 Å². The highest BCUT2D eigenvalue weighted by molar-refractivity contribution is 14.1. The summed E-state index contributed by atoms with van der Waals surface area (Å²) in [6.07, 6.45) is 2.02. The quantitative estimate of drug-likeness (QED) is 0.616. The Balaban J connectivity index is 1.87. The number of benzene rings is 1. The van der Waals surface area contributed by atoms with E-state index in [4.69, 9.17) is 4.74 Å². The molecule has 0 amide bonds. The largest absolute Gasteiger partial charge is 0.374 e. The zero-order valence-electron chi connectivity index (χ0n) is 11.5. The molecule has 1 aromatic heterocycles. The molecule has 0 unspecified atom stereocenters. The minimum absolute atomic E-state index is 0.170. The van der Waals surface area contributed by atoms with E-state index in [-0.39, 0.29) is 11.4 Å². The van der Waals surface area contributed by atoms with E-state index in [2.05, 4.69) is 69.3 Å². The predicted molar refractivity (Wildman–Crippen MR) is 94.6 cm³/mol. The van der Waals surface area contributed by atoms with Crippen LogP contribution in [0.3, 0.4) is 0 Å². The first-order chi connectivity index (χ1) is 10.3. The van der Waals surface area contributed by atoms with Gasteiger partial charge in [0.2, 0.25) is 0 Å². The number of hydrogen-bond donors (Lipinski definition) is 1. The maximum absolute atomic E-state index is 5.99. The summed E-state index contributed by atoms with van der Waals surface area (Å²) >= 11 is 4.14. The van der Waals surface area contributed by atoms with E-state index in [9.17, 15) is 0 Å². The topological polar surface area (TPSA) is 34.2 Å². The van der Waals surface area contributed by atoms with Crippen molar-refractivity contribution in [2.75, 3.05) is 19.7 Å². The molecule has 0 saturated carbocycles. The second-order valence-electron chi connectivity index (χ2n) is 4.85. The van der Waals surface area contributed by atoms with Gasteiger partial charge < -0.3 is 10.1 Å². The summed E-state index contributed by atoms with van der Waals surface area (Å²) in [5, 5.41) is 4.75. The van der Waals surface area contributed by atoms with Crippen molar-refractivity contribution in [1.82, 2.24) is 10.3 Å². The number of pyridine rings is 1. The highest BCUT2D eigenvalue weighted by atomic mass is 127. The molecule has 1 saturated heterocycles. The zero-order valence-corrected chi connectivity index (χ0v) is 14.5. The van der Waals surface area contributed by atoms with Crippen molar-refractivity contribution < 1.29 is 4.74 Å². The molecular formula is C16H17IN2OS. The Morgan fingerprint density at radius 2 is 2.10 bits per heavy atom. The van der Waals surface area contributed by atoms with Gasteiger partial charge in [0, 0.05) is 22.9 Å². The Bertz CT molecular complexity index is 575. The molecule has 110 valence electrons. The Kier molecular flexibility index (Phi) is 5.51. The molecule has 0 spiro atoms. The number of nitrogens with one attached hydrogen (secondary N) is 1. The van der Waals surface area contributed by atoms with E-state index >= 15 is 0 Å². The maximum Gasteiger partial charge on any atom is 0.110 e. The number of morpholine rings is 1. The molecule has 3 nitrogen and oxygen atoms in total. The van der Waals surface area contributed by atoms with Crippen LogP contribution in [0.25, 0.3) is 0 Å². The highest BCUT2D eigenvalue weighted by Crippen LogP contribution is 2.39. The summed E-state index contributed by atoms with van der Waals surface area (Å²) in [5.41, 5.74) is 1.29. The molecule has 3 rings (SSSR count). The van der Waals surface area contributed by atoms with Crippen molar-refractivity contribution in [2.24, 2.45) is 0 Å². The average molecular weight is 412 g/mol. The average Bonchev–Trinajstić information content (AvgIpc) is 2.56. The molecule has 2 atom stereocenters. The van der Waals surface area contributed by atoms with Gasteiger partial charge in [0.25, 0.3) is 0 Å². The van der Waals surface area contributed by atoms with E-state index in [1.54, 1.807) is 11.8 Å². The van der Waals surface area contributed by atoms with Gasteiger partial charge in [-0.25, -0.2) is 4.98 Å². The van der Waals surface area contributed by atoms with Crippen LogP contribution >= 0.6 is 34.4 Å². The van der Waals surface area contributed by atoms with Crippen molar-refractivity contribution in [3.8, 4) is 0 Å². The molecular weight excluding hydrogens is 395 g/mol. The second-order valence-corrected chi connectivity index (χ2v) is 7.15. The van der Waals surface area contributed by atoms with Gasteiger partial charge >= 0.3 is 0 Å². The molecule has 2 heterocycles. The minimum atomic E-state index is 0.170. The maximum atomic E-state index is 5.99. The number of thioether (sulfide) groups is 1. The fourth-order valence-electron chi connectivity index (χ4n) is 2.36. The standard InChI is InChI=1S/C16H17IN2OS/c17-13-7-4-8-19-16(13)21-15(12-5-2-1-3-6-12)14-11-18-9-10-20-14/h1-8,14-15,18H,9-11H2/t14-,15-/m0/s1. The van der Waals surface area contributed by atoms with Crippen molar-refractivity contribution in [3.63, 3.8) is 0 Å². The summed E-state index contributed by atoms with van der Waals surface area (Å²) in [5.74, 6) is 0. The number of ether oxygens (including phenoxy) is 1. The highest BCUT2D eigenvalue weighted by Gasteiger charge is 2.27. The number of nitrogens with zero attached hydrogens (tertiary/aromatic N) is 1. The third kappa shape index (κ3) is 3.97. The molecule has 2 aromatic rings. The fourth-order valence-corrected chi connectivity index (χ4v) is 4.25. The van der Waals surface area contributed by atoms with Crippen molar-refractivity contribution in [1.29, 1.82) is 0 Å². The first kappa shape index (κ1) is 15.3. The van der Waals surface area contributed by atoms with E-state index in [0.717, 1.165) is 24.7 Å². The Hall–Kier alpha value is -0.630. The van der Waals surface area contributed by atoms with Gasteiger partial charge in [-0.15, -0.1) is 0 Å². The summed E-state index contributed by atoms with van der Waals surface area (Å²) in [7, 11) is 0. The first-order valence-corrected chi connectivity index (χ1v) is 8.95. The predicted octanol–water partition coefficient (Wildman–Crippen LogP) is 3.51. The lowest BCUT2D eigenvalue weighted by Crippen LogP contribution is -2.41. The lowest BCUT2D eigenvalue weighted by Gasteiger charge is -2.31. The summed E-state index contributed by atoms with van der Waals surface area (Å²) in [6.45, 7) is 2.59. The molecule has 1 N–H and O–H groups in total. The molecule has 5 heteroatoms. The zero-order chi connectivity index (χ0) is 14.5. The van der Waals surface area contributed by atoms with E-state index in [1.165, 1.54) is 9.13 Å². The molecule has 1 fully saturated rings. The lowest BCUT2D eigenvalue weighted by molar-refractivity contribution is 0.0273. The number of aromatic nitrogens is 1. The third-order valence-corrected chi connectivity index (χ3v) is 6.00. The van der Waals surface area contributed by atoms with Gasteiger partial charge in [0.1, 0.15) is 5.03 Å². The molecule has 0 radical (unpaired) electrons. The van der Waals surface area contributed by atoms with E-state index < -0.39 is 0 Å². The van der Waals surface area contributed by atoms with Crippen LogP contribution in [0.15, 0.2) is 53.7 Å². The van der Waals surface area contributed by atoms with Gasteiger partial charge in [0.05, 0.1) is 18.0 Å². The summed E-state index contributed by atoms with van der Waals surface area (Å²) in [6, 6.07) is 14.6. The van der Waals surface area contributed by atoms with Crippen LogP contribution in [0.2, 0.25) is 0 Å². The Morgan fingerprint density at radius 1 is 1.24 bits per heavy atom. The number of rotatable bonds is 4. The fraction of sp³-hybridized carbons (Fsp3) is 0.312. The van der Waals surface area contributed by atoms with Crippen LogP contribution < -0.4 is 5.32 Å². The van der Waals surface area contributed by atoms with Gasteiger partial charge in [-0.05, 0) is 40.3 Å². The molecule has 1 aliphatic heterocycles. The van der Waals surface area contributed by atoms with Crippen LogP contribution in [0.1, 0.15) is 10.8 Å². The summed E-state index contributed by atoms with van der Waals surface area (Å²) < 4.78 is 7.18.